The fourth-order valence-electron chi connectivity index (χ4n) is 4.25. The highest BCUT2D eigenvalue weighted by molar-refractivity contribution is 7.89. The maximum atomic E-state index is 11.7. The van der Waals surface area contributed by atoms with Gasteiger partial charge in [-0.15, -0.1) is 0 Å². The molecule has 3 atom stereocenters. The minimum atomic E-state index is -3.99. The Morgan fingerprint density at radius 3 is 2.62 bits per heavy atom. The van der Waals surface area contributed by atoms with Crippen LogP contribution in [0.15, 0.2) is 41.3 Å². The van der Waals surface area contributed by atoms with E-state index in [4.69, 9.17) is 33.1 Å². The van der Waals surface area contributed by atoms with E-state index in [1.807, 2.05) is 18.2 Å². The predicted octanol–water partition coefficient (Wildman–Crippen LogP) is 3.14. The molecule has 0 spiro atoms. The van der Waals surface area contributed by atoms with Crippen molar-refractivity contribution in [2.45, 2.75) is 42.4 Å². The van der Waals surface area contributed by atoms with E-state index in [2.05, 4.69) is 11.0 Å². The van der Waals surface area contributed by atoms with Crippen LogP contribution < -0.4 is 9.88 Å². The first kappa shape index (κ1) is 20.9. The molecule has 0 aromatic heterocycles. The zero-order valence-corrected chi connectivity index (χ0v) is 17.9. The average molecular weight is 457 g/mol. The minimum absolute atomic E-state index is 0.0139. The van der Waals surface area contributed by atoms with Crippen LogP contribution in [0.1, 0.15) is 30.1 Å². The van der Waals surface area contributed by atoms with Crippen LogP contribution in [0.3, 0.4) is 0 Å². The Labute approximate surface area is 180 Å². The number of piperidine rings is 1. The van der Waals surface area contributed by atoms with Crippen molar-refractivity contribution in [2.75, 3.05) is 13.1 Å². The van der Waals surface area contributed by atoms with Gasteiger partial charge in [0.05, 0.1) is 17.2 Å². The van der Waals surface area contributed by atoms with Crippen molar-refractivity contribution >= 4 is 33.2 Å². The first-order valence-corrected chi connectivity index (χ1v) is 11.7. The van der Waals surface area contributed by atoms with Gasteiger partial charge in [0.15, 0.2) is 0 Å². The molecule has 2 aliphatic rings. The number of benzene rings is 2. The van der Waals surface area contributed by atoms with Crippen molar-refractivity contribution in [2.24, 2.45) is 5.14 Å². The molecule has 0 bridgehead atoms. The third kappa shape index (κ3) is 4.13. The van der Waals surface area contributed by atoms with Gasteiger partial charge >= 0.3 is 0 Å². The van der Waals surface area contributed by atoms with Gasteiger partial charge in [-0.05, 0) is 49.1 Å². The first-order chi connectivity index (χ1) is 13.8. The second-order valence-electron chi connectivity index (χ2n) is 7.53. The number of hydrogen-bond acceptors (Lipinski definition) is 5. The van der Waals surface area contributed by atoms with Crippen LogP contribution in [-0.2, 0) is 16.4 Å². The van der Waals surface area contributed by atoms with Gasteiger partial charge in [0, 0.05) is 6.54 Å². The summed E-state index contributed by atoms with van der Waals surface area (Å²) in [6.07, 6.45) is 1.87. The number of hydrogen-bond donors (Lipinski definition) is 2. The molecule has 1 saturated heterocycles. The normalized spacial score (nSPS) is 25.0. The van der Waals surface area contributed by atoms with Crippen LogP contribution in [0, 0.1) is 0 Å². The lowest BCUT2D eigenvalue weighted by atomic mass is 10.0. The lowest BCUT2D eigenvalue weighted by Gasteiger charge is -2.37. The predicted molar refractivity (Wildman–Crippen MR) is 112 cm³/mol. The lowest BCUT2D eigenvalue weighted by Crippen LogP contribution is -2.47. The molecule has 4 rings (SSSR count). The number of ether oxygens (including phenoxy) is 1. The number of aliphatic hydroxyl groups excluding tert-OH is 1. The smallest absolute Gasteiger partial charge is 0.239 e. The molecular formula is C20H22Cl2N2O4S. The molecule has 1 fully saturated rings. The van der Waals surface area contributed by atoms with Crippen molar-refractivity contribution in [1.82, 2.24) is 4.90 Å². The van der Waals surface area contributed by atoms with Crippen molar-refractivity contribution < 1.29 is 18.3 Å². The summed E-state index contributed by atoms with van der Waals surface area (Å²) in [6, 6.07) is 10.9. The van der Waals surface area contributed by atoms with Crippen molar-refractivity contribution in [3.8, 4) is 5.75 Å². The Bertz CT molecular complexity index is 1030. The number of nitrogens with two attached hydrogens (primary N) is 1. The quantitative estimate of drug-likeness (QED) is 0.736. The Hall–Kier alpha value is -1.35. The van der Waals surface area contributed by atoms with Gasteiger partial charge in [-0.25, -0.2) is 13.6 Å². The lowest BCUT2D eigenvalue weighted by molar-refractivity contribution is 0.0112. The van der Waals surface area contributed by atoms with E-state index in [9.17, 15) is 13.5 Å². The van der Waals surface area contributed by atoms with Crippen molar-refractivity contribution in [3.63, 3.8) is 0 Å². The second kappa shape index (κ2) is 8.06. The van der Waals surface area contributed by atoms with Crippen LogP contribution in [-0.4, -0.2) is 43.7 Å². The summed E-state index contributed by atoms with van der Waals surface area (Å²) in [5, 5.41) is 15.2. The van der Waals surface area contributed by atoms with Crippen LogP contribution in [0.5, 0.6) is 5.75 Å². The highest BCUT2D eigenvalue weighted by atomic mass is 35.5. The van der Waals surface area contributed by atoms with Crippen LogP contribution in [0.25, 0.3) is 0 Å². The Morgan fingerprint density at radius 2 is 1.90 bits per heavy atom. The zero-order chi connectivity index (χ0) is 20.8. The number of halogens is 2. The molecule has 9 heteroatoms. The zero-order valence-electron chi connectivity index (χ0n) is 15.6. The molecule has 0 radical (unpaired) electrons. The van der Waals surface area contributed by atoms with E-state index in [1.165, 1.54) is 17.7 Å². The highest BCUT2D eigenvalue weighted by Gasteiger charge is 2.39. The summed E-state index contributed by atoms with van der Waals surface area (Å²) in [5.41, 5.74) is 2.24. The van der Waals surface area contributed by atoms with Gasteiger partial charge in [-0.2, -0.15) is 0 Å². The number of sulfonamides is 1. The van der Waals surface area contributed by atoms with Gasteiger partial charge in [-0.3, -0.25) is 4.90 Å². The number of β-amino-alcohol motifs (C(OH)–C–C–N with tert-alkyl or cyclic N) is 1. The molecule has 0 saturated carbocycles. The number of likely N-dealkylation sites (tertiary alicyclic amines) is 1. The summed E-state index contributed by atoms with van der Waals surface area (Å²) in [6.45, 7) is 1.48. The van der Waals surface area contributed by atoms with E-state index in [0.29, 0.717) is 12.3 Å². The molecule has 2 aromatic carbocycles. The van der Waals surface area contributed by atoms with Gasteiger partial charge in [0.2, 0.25) is 10.0 Å². The summed E-state index contributed by atoms with van der Waals surface area (Å²) < 4.78 is 29.7. The fourth-order valence-corrected chi connectivity index (χ4v) is 5.60. The number of nitrogens with zero attached hydrogens (tertiary/aromatic N) is 1. The molecule has 1 heterocycles. The molecule has 6 nitrogen and oxygen atoms in total. The molecule has 3 N–H and O–H groups in total. The van der Waals surface area contributed by atoms with E-state index in [1.54, 1.807) is 0 Å². The average Bonchev–Trinajstić information content (AvgIpc) is 3.03. The number of aliphatic hydroxyl groups is 1. The summed E-state index contributed by atoms with van der Waals surface area (Å²) in [5.74, 6) is 0.299. The van der Waals surface area contributed by atoms with E-state index >= 15 is 0 Å². The van der Waals surface area contributed by atoms with E-state index in [-0.39, 0.29) is 33.2 Å². The molecule has 0 amide bonds. The van der Waals surface area contributed by atoms with Gasteiger partial charge < -0.3 is 9.84 Å². The maximum Gasteiger partial charge on any atom is 0.239 e. The van der Waals surface area contributed by atoms with Gasteiger partial charge in [-0.1, -0.05) is 47.5 Å². The SMILES string of the molecule is NS(=O)(=O)c1ccc(O[C@H]2c3ccccc3C[C@@H]2N2CCCC(O)C2)c(Cl)c1Cl. The third-order valence-electron chi connectivity index (χ3n) is 5.61. The fraction of sp³-hybridized carbons (Fsp3) is 0.400. The van der Waals surface area contributed by atoms with Crippen LogP contribution >= 0.6 is 23.2 Å². The van der Waals surface area contributed by atoms with Gasteiger partial charge in [0.25, 0.3) is 0 Å². The number of fused-ring (bicyclic) bond motifs is 1. The van der Waals surface area contributed by atoms with Crippen LogP contribution in [0.4, 0.5) is 0 Å². The molecular weight excluding hydrogens is 435 g/mol. The third-order valence-corrected chi connectivity index (χ3v) is 7.54. The first-order valence-electron chi connectivity index (χ1n) is 9.43. The molecule has 29 heavy (non-hydrogen) atoms. The number of rotatable bonds is 4. The summed E-state index contributed by atoms with van der Waals surface area (Å²) >= 11 is 12.5. The van der Waals surface area contributed by atoms with E-state index in [0.717, 1.165) is 31.4 Å². The van der Waals surface area contributed by atoms with Gasteiger partial charge in [0.1, 0.15) is 21.8 Å². The highest BCUT2D eigenvalue weighted by Crippen LogP contribution is 2.43. The summed E-state index contributed by atoms with van der Waals surface area (Å²) in [4.78, 5) is 2.02. The molecule has 156 valence electrons. The van der Waals surface area contributed by atoms with Crippen molar-refractivity contribution in [3.05, 3.63) is 57.6 Å². The topological polar surface area (TPSA) is 92.9 Å². The van der Waals surface area contributed by atoms with Crippen molar-refractivity contribution in [1.29, 1.82) is 0 Å². The maximum absolute atomic E-state index is 11.7. The number of primary sulfonamides is 1. The molecule has 1 aliphatic heterocycles. The Morgan fingerprint density at radius 1 is 1.14 bits per heavy atom. The molecule has 2 aromatic rings. The molecule has 1 unspecified atom stereocenters. The monoisotopic (exact) mass is 456 g/mol. The van der Waals surface area contributed by atoms with Crippen LogP contribution in [0.2, 0.25) is 10.0 Å². The Kier molecular flexibility index (Phi) is 5.81. The van der Waals surface area contributed by atoms with E-state index < -0.39 is 10.0 Å². The Balaban J connectivity index is 1.69. The standard InChI is InChI=1S/C20H22Cl2N2O4S/c21-18-16(7-8-17(19(18)22)29(23,26)27)28-20-14-6-2-1-4-12(14)10-15(20)24-9-3-5-13(25)11-24/h1-2,4,6-8,13,15,20,25H,3,5,9-11H2,(H2,23,26,27)/t13?,15-,20-/m0/s1. The largest absolute Gasteiger partial charge is 0.482 e. The summed E-state index contributed by atoms with van der Waals surface area (Å²) in [7, 11) is -3.99. The second-order valence-corrected chi connectivity index (χ2v) is 9.82. The molecule has 1 aliphatic carbocycles. The minimum Gasteiger partial charge on any atom is -0.482 e.